The van der Waals surface area contributed by atoms with Crippen LogP contribution in [0.15, 0.2) is 96.4 Å². The molecule has 1 atom stereocenters. The van der Waals surface area contributed by atoms with Crippen LogP contribution >= 0.6 is 0 Å². The summed E-state index contributed by atoms with van der Waals surface area (Å²) in [6, 6.07) is 21.0. The molecule has 0 amide bonds. The van der Waals surface area contributed by atoms with Crippen molar-refractivity contribution in [3.05, 3.63) is 97.1 Å². The van der Waals surface area contributed by atoms with Gasteiger partial charge in [0.05, 0.1) is 17.9 Å². The standard InChI is InChI=1S/C20H20N4OS/c1-16(23-18-7-3-2-4-8-18)24-19-9-11-20(12-10-19)26(25)22-15-17-6-5-13-21-14-17/h2-14,22-24H,1,15H2. The predicted molar refractivity (Wildman–Crippen MR) is 107 cm³/mol. The van der Waals surface area contributed by atoms with Crippen LogP contribution in [-0.4, -0.2) is 9.54 Å². The summed E-state index contributed by atoms with van der Waals surface area (Å²) in [4.78, 5) is 4.75. The number of anilines is 2. The minimum atomic E-state index is -1.28. The zero-order chi connectivity index (χ0) is 18.2. The molecular weight excluding hydrogens is 344 g/mol. The van der Waals surface area contributed by atoms with Crippen LogP contribution in [0, 0.1) is 0 Å². The van der Waals surface area contributed by atoms with E-state index in [0.29, 0.717) is 17.3 Å². The van der Waals surface area contributed by atoms with Crippen molar-refractivity contribution in [2.24, 2.45) is 0 Å². The maximum absolute atomic E-state index is 12.3. The van der Waals surface area contributed by atoms with Gasteiger partial charge in [-0.2, -0.15) is 0 Å². The van der Waals surface area contributed by atoms with Gasteiger partial charge in [0.25, 0.3) is 0 Å². The number of nitrogens with one attached hydrogen (secondary N) is 3. The second kappa shape index (κ2) is 9.05. The molecule has 2 aromatic carbocycles. The highest BCUT2D eigenvalue weighted by molar-refractivity contribution is 7.89. The summed E-state index contributed by atoms with van der Waals surface area (Å²) < 4.78 is 15.3. The lowest BCUT2D eigenvalue weighted by molar-refractivity contribution is 0.580. The Morgan fingerprint density at radius 1 is 0.923 bits per heavy atom. The van der Waals surface area contributed by atoms with Gasteiger partial charge in [-0.25, -0.2) is 0 Å². The predicted octanol–water partition coefficient (Wildman–Crippen LogP) is 3.89. The third kappa shape index (κ3) is 5.35. The van der Waals surface area contributed by atoms with E-state index in [1.165, 1.54) is 0 Å². The summed E-state index contributed by atoms with van der Waals surface area (Å²) in [7, 11) is 0. The van der Waals surface area contributed by atoms with Crippen molar-refractivity contribution in [1.82, 2.24) is 9.71 Å². The van der Waals surface area contributed by atoms with Gasteiger partial charge in [0, 0.05) is 23.8 Å². The van der Waals surface area contributed by atoms with Crippen LogP contribution in [0.2, 0.25) is 0 Å². The van der Waals surface area contributed by atoms with Crippen LogP contribution in [0.3, 0.4) is 0 Å². The first-order valence-electron chi connectivity index (χ1n) is 8.13. The van der Waals surface area contributed by atoms with Crippen molar-refractivity contribution in [2.45, 2.75) is 11.4 Å². The molecule has 0 bridgehead atoms. The lowest BCUT2D eigenvalue weighted by Crippen LogP contribution is -2.23. The average Bonchev–Trinajstić information content (AvgIpc) is 2.68. The fourth-order valence-corrected chi connectivity index (χ4v) is 3.15. The van der Waals surface area contributed by atoms with Gasteiger partial charge in [-0.15, -0.1) is 4.72 Å². The van der Waals surface area contributed by atoms with E-state index in [2.05, 4.69) is 26.9 Å². The van der Waals surface area contributed by atoms with Crippen LogP contribution in [0.4, 0.5) is 11.4 Å². The quantitative estimate of drug-likeness (QED) is 0.529. The smallest absolute Gasteiger partial charge is 0.174 e. The highest BCUT2D eigenvalue weighted by Gasteiger charge is 2.11. The zero-order valence-corrected chi connectivity index (χ0v) is 15.0. The summed E-state index contributed by atoms with van der Waals surface area (Å²) in [5.41, 5.74) is 2.82. The molecule has 0 aliphatic rings. The molecule has 0 aliphatic carbocycles. The number of benzene rings is 2. The van der Waals surface area contributed by atoms with Crippen molar-refractivity contribution in [2.75, 3.05) is 10.6 Å². The Bertz CT molecular complexity index is 825. The fourth-order valence-electron chi connectivity index (χ4n) is 2.30. The molecule has 0 spiro atoms. The van der Waals surface area contributed by atoms with Crippen LogP contribution in [-0.2, 0) is 17.9 Å². The molecule has 0 radical (unpaired) electrons. The van der Waals surface area contributed by atoms with Gasteiger partial charge >= 0.3 is 0 Å². The van der Waals surface area contributed by atoms with E-state index in [4.69, 9.17) is 0 Å². The van der Waals surface area contributed by atoms with Gasteiger partial charge in [-0.3, -0.25) is 4.98 Å². The molecule has 132 valence electrons. The Kier molecular flexibility index (Phi) is 6.27. The van der Waals surface area contributed by atoms with Gasteiger partial charge in [0.15, 0.2) is 4.90 Å². The van der Waals surface area contributed by atoms with Gasteiger partial charge < -0.3 is 15.2 Å². The number of rotatable bonds is 8. The van der Waals surface area contributed by atoms with Gasteiger partial charge in [-0.1, -0.05) is 30.8 Å². The summed E-state index contributed by atoms with van der Waals surface area (Å²) in [5.74, 6) is 0.666. The van der Waals surface area contributed by atoms with E-state index in [9.17, 15) is 4.55 Å². The number of hydrogen-bond acceptors (Lipinski definition) is 5. The number of nitrogens with zero attached hydrogens (tertiary/aromatic N) is 1. The Morgan fingerprint density at radius 2 is 1.62 bits per heavy atom. The third-order valence-corrected chi connectivity index (χ3v) is 4.67. The van der Waals surface area contributed by atoms with Crippen molar-refractivity contribution in [3.63, 3.8) is 0 Å². The molecule has 0 fully saturated rings. The van der Waals surface area contributed by atoms with E-state index in [1.807, 2.05) is 66.7 Å². The highest BCUT2D eigenvalue weighted by atomic mass is 32.2. The molecule has 1 unspecified atom stereocenters. The first kappa shape index (κ1) is 18.0. The van der Waals surface area contributed by atoms with E-state index < -0.39 is 11.4 Å². The first-order valence-corrected chi connectivity index (χ1v) is 9.28. The van der Waals surface area contributed by atoms with E-state index in [0.717, 1.165) is 16.9 Å². The minimum Gasteiger partial charge on any atom is -0.593 e. The molecule has 1 aromatic heterocycles. The second-order valence-corrected chi connectivity index (χ2v) is 6.87. The zero-order valence-electron chi connectivity index (χ0n) is 14.2. The largest absolute Gasteiger partial charge is 0.593 e. The van der Waals surface area contributed by atoms with Crippen LogP contribution < -0.4 is 15.4 Å². The van der Waals surface area contributed by atoms with E-state index in [1.54, 1.807) is 12.4 Å². The lowest BCUT2D eigenvalue weighted by atomic mass is 10.3. The average molecular weight is 364 g/mol. The van der Waals surface area contributed by atoms with Crippen molar-refractivity contribution >= 4 is 22.7 Å². The Morgan fingerprint density at radius 3 is 2.27 bits per heavy atom. The molecule has 0 aliphatic heterocycles. The fraction of sp³-hybridized carbons (Fsp3) is 0.0500. The van der Waals surface area contributed by atoms with Gasteiger partial charge in [-0.05, 0) is 48.0 Å². The molecule has 0 saturated carbocycles. The SMILES string of the molecule is C=C(Nc1ccccc1)Nc1ccc([S+]([O-])NCc2cccnc2)cc1. The lowest BCUT2D eigenvalue weighted by Gasteiger charge is -2.13. The molecule has 3 rings (SSSR count). The first-order chi connectivity index (χ1) is 12.7. The molecular formula is C20H20N4OS. The van der Waals surface area contributed by atoms with Crippen molar-refractivity contribution in [3.8, 4) is 0 Å². The summed E-state index contributed by atoms with van der Waals surface area (Å²) in [6.07, 6.45) is 3.47. The Balaban J connectivity index is 1.51. The molecule has 0 saturated heterocycles. The highest BCUT2D eigenvalue weighted by Crippen LogP contribution is 2.16. The van der Waals surface area contributed by atoms with Crippen LogP contribution in [0.25, 0.3) is 0 Å². The molecule has 3 N–H and O–H groups in total. The van der Waals surface area contributed by atoms with Gasteiger partial charge in [0.1, 0.15) is 5.82 Å². The number of pyridine rings is 1. The molecule has 26 heavy (non-hydrogen) atoms. The second-order valence-electron chi connectivity index (χ2n) is 5.57. The summed E-state index contributed by atoms with van der Waals surface area (Å²) in [5, 5.41) is 6.36. The molecule has 3 aromatic rings. The normalized spacial score (nSPS) is 11.6. The third-order valence-electron chi connectivity index (χ3n) is 3.56. The molecule has 5 nitrogen and oxygen atoms in total. The Hall–Kier alpha value is -2.80. The van der Waals surface area contributed by atoms with Crippen molar-refractivity contribution in [1.29, 1.82) is 0 Å². The monoisotopic (exact) mass is 364 g/mol. The van der Waals surface area contributed by atoms with Crippen LogP contribution in [0.5, 0.6) is 0 Å². The molecule has 1 heterocycles. The van der Waals surface area contributed by atoms with E-state index >= 15 is 0 Å². The maximum Gasteiger partial charge on any atom is 0.174 e. The summed E-state index contributed by atoms with van der Waals surface area (Å²) in [6.45, 7) is 4.46. The van der Waals surface area contributed by atoms with Crippen LogP contribution in [0.1, 0.15) is 5.56 Å². The Labute approximate surface area is 156 Å². The van der Waals surface area contributed by atoms with E-state index in [-0.39, 0.29) is 0 Å². The maximum atomic E-state index is 12.3. The minimum absolute atomic E-state index is 0.498. The van der Waals surface area contributed by atoms with Crippen molar-refractivity contribution < 1.29 is 4.55 Å². The summed E-state index contributed by atoms with van der Waals surface area (Å²) >= 11 is -1.28. The number of hydrogen-bond donors (Lipinski definition) is 3. The number of para-hydroxylation sites is 1. The van der Waals surface area contributed by atoms with Gasteiger partial charge in [0.2, 0.25) is 0 Å². The molecule has 6 heteroatoms. The topological polar surface area (TPSA) is 72.0 Å². The number of aromatic nitrogens is 1.